The molecule has 1 heterocycles. The van der Waals surface area contributed by atoms with Crippen molar-refractivity contribution < 1.29 is 19.1 Å². The number of anilines is 1. The number of carbonyl (C=O) groups is 2. The predicted octanol–water partition coefficient (Wildman–Crippen LogP) is 4.93. The topological polar surface area (TPSA) is 55.8 Å². The van der Waals surface area contributed by atoms with E-state index in [2.05, 4.69) is 6.08 Å². The Morgan fingerprint density at radius 2 is 1.58 bits per heavy atom. The van der Waals surface area contributed by atoms with Gasteiger partial charge in [-0.25, -0.2) is 4.79 Å². The first-order valence-electron chi connectivity index (χ1n) is 10.1. The van der Waals surface area contributed by atoms with Gasteiger partial charge in [-0.15, -0.1) is 0 Å². The van der Waals surface area contributed by atoms with Crippen molar-refractivity contribution in [2.45, 2.75) is 19.4 Å². The summed E-state index contributed by atoms with van der Waals surface area (Å²) in [7, 11) is 1.38. The lowest BCUT2D eigenvalue weighted by Gasteiger charge is -2.38. The first-order valence-corrected chi connectivity index (χ1v) is 10.1. The van der Waals surface area contributed by atoms with Crippen LogP contribution in [0.1, 0.15) is 29.7 Å². The lowest BCUT2D eigenvalue weighted by Crippen LogP contribution is -2.36. The molecule has 0 saturated heterocycles. The Balaban J connectivity index is 1.97. The van der Waals surface area contributed by atoms with E-state index >= 15 is 0 Å². The molecule has 5 heteroatoms. The number of allylic oxidation sites excluding steroid dienone is 1. The summed E-state index contributed by atoms with van der Waals surface area (Å²) in [4.78, 5) is 26.9. The van der Waals surface area contributed by atoms with Crippen LogP contribution in [0, 0.1) is 0 Å². The van der Waals surface area contributed by atoms with Gasteiger partial charge in [-0.3, -0.25) is 4.79 Å². The summed E-state index contributed by atoms with van der Waals surface area (Å²) in [6.45, 7) is 1.37. The van der Waals surface area contributed by atoms with E-state index in [-0.39, 0.29) is 0 Å². The zero-order chi connectivity index (χ0) is 21.8. The van der Waals surface area contributed by atoms with Crippen LogP contribution in [0.25, 0.3) is 5.70 Å². The zero-order valence-corrected chi connectivity index (χ0v) is 17.4. The minimum atomic E-state index is -0.756. The smallest absolute Gasteiger partial charge is 0.333 e. The Hall–Kier alpha value is -3.86. The van der Waals surface area contributed by atoms with Crippen molar-refractivity contribution in [1.29, 1.82) is 0 Å². The van der Waals surface area contributed by atoms with Gasteiger partial charge in [0.05, 0.1) is 12.8 Å². The van der Waals surface area contributed by atoms with Crippen molar-refractivity contribution in [2.24, 2.45) is 0 Å². The van der Waals surface area contributed by atoms with Crippen LogP contribution in [0.3, 0.4) is 0 Å². The van der Waals surface area contributed by atoms with Crippen LogP contribution in [-0.2, 0) is 20.7 Å². The molecule has 3 aromatic rings. The zero-order valence-electron chi connectivity index (χ0n) is 17.4. The van der Waals surface area contributed by atoms with Crippen molar-refractivity contribution in [2.75, 3.05) is 12.0 Å². The number of carbonyl (C=O) groups excluding carboxylic acids is 2. The highest BCUT2D eigenvalue weighted by molar-refractivity contribution is 5.95. The third kappa shape index (κ3) is 4.08. The fraction of sp³-hybridized carbons (Fsp3) is 0.154. The van der Waals surface area contributed by atoms with Gasteiger partial charge in [-0.05, 0) is 29.2 Å². The average Bonchev–Trinajstić information content (AvgIpc) is 2.80. The number of fused-ring (bicyclic) bond motifs is 1. The second kappa shape index (κ2) is 8.88. The average molecular weight is 413 g/mol. The minimum Gasteiger partial charge on any atom is -0.467 e. The highest BCUT2D eigenvalue weighted by atomic mass is 16.5. The molecule has 3 aromatic carbocycles. The molecule has 0 spiro atoms. The number of hydrogen-bond acceptors (Lipinski definition) is 5. The van der Waals surface area contributed by atoms with Crippen molar-refractivity contribution in [3.63, 3.8) is 0 Å². The van der Waals surface area contributed by atoms with Crippen LogP contribution in [0.15, 0.2) is 84.9 Å². The molecule has 5 nitrogen and oxygen atoms in total. The van der Waals surface area contributed by atoms with Crippen LogP contribution in [-0.4, -0.2) is 19.0 Å². The summed E-state index contributed by atoms with van der Waals surface area (Å²) >= 11 is 0. The molecule has 1 aliphatic heterocycles. The molecule has 0 unspecified atom stereocenters. The SMILES string of the molecule is COC(=O)[C@@H](c1ccccc1)N1C(c2ccccc2)=CCc2cccc(OC(C)=O)c21. The number of para-hydroxylation sites is 1. The number of benzene rings is 3. The van der Waals surface area contributed by atoms with Gasteiger partial charge in [0, 0.05) is 12.6 Å². The number of ether oxygens (including phenoxy) is 2. The fourth-order valence-corrected chi connectivity index (χ4v) is 3.94. The van der Waals surface area contributed by atoms with Gasteiger partial charge in [0.1, 0.15) is 0 Å². The number of hydrogen-bond donors (Lipinski definition) is 0. The third-order valence-corrected chi connectivity index (χ3v) is 5.22. The lowest BCUT2D eigenvalue weighted by molar-refractivity contribution is -0.142. The molecule has 0 saturated carbocycles. The van der Waals surface area contributed by atoms with Crippen molar-refractivity contribution >= 4 is 23.3 Å². The maximum Gasteiger partial charge on any atom is 0.333 e. The van der Waals surface area contributed by atoms with E-state index in [1.165, 1.54) is 14.0 Å². The Morgan fingerprint density at radius 3 is 2.23 bits per heavy atom. The molecule has 0 amide bonds. The van der Waals surface area contributed by atoms with E-state index in [1.807, 2.05) is 77.7 Å². The molecule has 1 aliphatic rings. The van der Waals surface area contributed by atoms with Gasteiger partial charge >= 0.3 is 11.9 Å². The summed E-state index contributed by atoms with van der Waals surface area (Å²) < 4.78 is 10.8. The predicted molar refractivity (Wildman–Crippen MR) is 120 cm³/mol. The summed E-state index contributed by atoms with van der Waals surface area (Å²) in [5, 5.41) is 0. The summed E-state index contributed by atoms with van der Waals surface area (Å²) in [6.07, 6.45) is 2.74. The van der Waals surface area contributed by atoms with Crippen LogP contribution in [0.2, 0.25) is 0 Å². The monoisotopic (exact) mass is 413 g/mol. The fourth-order valence-electron chi connectivity index (χ4n) is 3.94. The molecular weight excluding hydrogens is 390 g/mol. The Morgan fingerprint density at radius 1 is 0.903 bits per heavy atom. The first-order chi connectivity index (χ1) is 15.1. The molecular formula is C26H23NO4. The number of rotatable bonds is 5. The second-order valence-electron chi connectivity index (χ2n) is 7.22. The first kappa shape index (κ1) is 20.4. The van der Waals surface area contributed by atoms with E-state index in [4.69, 9.17) is 9.47 Å². The molecule has 0 radical (unpaired) electrons. The molecule has 156 valence electrons. The van der Waals surface area contributed by atoms with Crippen molar-refractivity contribution in [3.8, 4) is 5.75 Å². The highest BCUT2D eigenvalue weighted by Crippen LogP contribution is 2.46. The minimum absolute atomic E-state index is 0.404. The molecule has 31 heavy (non-hydrogen) atoms. The van der Waals surface area contributed by atoms with E-state index in [0.717, 1.165) is 22.4 Å². The maximum absolute atomic E-state index is 13.1. The van der Waals surface area contributed by atoms with Gasteiger partial charge in [-0.2, -0.15) is 0 Å². The van der Waals surface area contributed by atoms with Gasteiger partial charge in [0.15, 0.2) is 11.8 Å². The molecule has 4 rings (SSSR count). The van der Waals surface area contributed by atoms with Crippen LogP contribution < -0.4 is 9.64 Å². The number of nitrogens with zero attached hydrogens (tertiary/aromatic N) is 1. The van der Waals surface area contributed by atoms with Gasteiger partial charge in [0.2, 0.25) is 0 Å². The Bertz CT molecular complexity index is 1120. The highest BCUT2D eigenvalue weighted by Gasteiger charge is 2.36. The standard InChI is InChI=1S/C26H23NO4/c1-18(28)31-23-15-9-14-21-16-17-22(19-10-5-3-6-11-19)27(24(21)23)25(26(29)30-2)20-12-7-4-8-13-20/h3-15,17,25H,16H2,1-2H3/t25-/m1/s1. The quantitative estimate of drug-likeness (QED) is 0.439. The lowest BCUT2D eigenvalue weighted by atomic mass is 9.94. The van der Waals surface area contributed by atoms with Crippen molar-refractivity contribution in [1.82, 2.24) is 0 Å². The molecule has 0 aromatic heterocycles. The summed E-state index contributed by atoms with van der Waals surface area (Å²) in [6, 6.07) is 24.2. The largest absolute Gasteiger partial charge is 0.467 e. The van der Waals surface area contributed by atoms with Crippen LogP contribution in [0.5, 0.6) is 5.75 Å². The Kier molecular flexibility index (Phi) is 5.85. The van der Waals surface area contributed by atoms with E-state index < -0.39 is 18.0 Å². The van der Waals surface area contributed by atoms with Crippen LogP contribution >= 0.6 is 0 Å². The summed E-state index contributed by atoms with van der Waals surface area (Å²) in [5.41, 5.74) is 4.24. The van der Waals surface area contributed by atoms with Gasteiger partial charge in [-0.1, -0.05) is 78.9 Å². The number of esters is 2. The second-order valence-corrected chi connectivity index (χ2v) is 7.22. The molecule has 0 fully saturated rings. The molecule has 0 aliphatic carbocycles. The van der Waals surface area contributed by atoms with E-state index in [0.29, 0.717) is 17.9 Å². The Labute approximate surface area is 181 Å². The summed E-state index contributed by atoms with van der Waals surface area (Å²) in [5.74, 6) is -0.409. The normalized spacial score (nSPS) is 13.6. The molecule has 0 N–H and O–H groups in total. The maximum atomic E-state index is 13.1. The molecule has 1 atom stereocenters. The van der Waals surface area contributed by atoms with E-state index in [9.17, 15) is 9.59 Å². The van der Waals surface area contributed by atoms with Gasteiger partial charge < -0.3 is 14.4 Å². The van der Waals surface area contributed by atoms with Crippen LogP contribution in [0.4, 0.5) is 5.69 Å². The molecule has 0 bridgehead atoms. The third-order valence-electron chi connectivity index (χ3n) is 5.22. The van der Waals surface area contributed by atoms with Gasteiger partial charge in [0.25, 0.3) is 0 Å². The number of methoxy groups -OCH3 is 1. The van der Waals surface area contributed by atoms with E-state index in [1.54, 1.807) is 6.07 Å². The van der Waals surface area contributed by atoms with Crippen molar-refractivity contribution in [3.05, 3.63) is 102 Å².